The van der Waals surface area contributed by atoms with Crippen LogP contribution in [0.5, 0.6) is 5.88 Å². The van der Waals surface area contributed by atoms with Crippen LogP contribution in [0.15, 0.2) is 6.33 Å². The second-order valence-electron chi connectivity index (χ2n) is 11.7. The van der Waals surface area contributed by atoms with E-state index in [2.05, 4.69) is 25.1 Å². The van der Waals surface area contributed by atoms with Gasteiger partial charge in [0, 0.05) is 0 Å². The molecule has 0 amide bonds. The predicted octanol–water partition coefficient (Wildman–Crippen LogP) is 0.906. The van der Waals surface area contributed by atoms with E-state index in [9.17, 15) is 24.4 Å². The molecule has 6 N–H and O–H groups in total. The molecule has 1 aliphatic rings. The summed E-state index contributed by atoms with van der Waals surface area (Å²) in [6, 6.07) is -2.23. The summed E-state index contributed by atoms with van der Waals surface area (Å²) in [6.45, 7) is 11.4. The Morgan fingerprint density at radius 1 is 1.09 bits per heavy atom. The maximum Gasteiger partial charge on any atom is 0.342 e. The Morgan fingerprint density at radius 2 is 1.64 bits per heavy atom. The van der Waals surface area contributed by atoms with E-state index in [0.717, 1.165) is 0 Å². The summed E-state index contributed by atoms with van der Waals surface area (Å²) in [7, 11) is -2.85. The lowest BCUT2D eigenvalue weighted by molar-refractivity contribution is -0.146. The number of anilines is 1. The Labute approximate surface area is 255 Å². The van der Waals surface area contributed by atoms with Gasteiger partial charge in [-0.1, -0.05) is 27.7 Å². The molecule has 1 saturated heterocycles. The quantitative estimate of drug-likeness (QED) is 0.134. The van der Waals surface area contributed by atoms with Gasteiger partial charge in [0.15, 0.2) is 17.4 Å². The van der Waals surface area contributed by atoms with Crippen LogP contribution in [0.1, 0.15) is 54.7 Å². The molecule has 2 aromatic heterocycles. The van der Waals surface area contributed by atoms with E-state index in [4.69, 9.17) is 29.2 Å². The van der Waals surface area contributed by atoms with Gasteiger partial charge in [0.1, 0.15) is 29.9 Å². The van der Waals surface area contributed by atoms with Gasteiger partial charge >= 0.3 is 19.6 Å². The maximum atomic E-state index is 14.0. The highest BCUT2D eigenvalue weighted by Crippen LogP contribution is 2.44. The number of aliphatic hydroxyl groups excluding tert-OH is 1. The molecule has 6 unspecified atom stereocenters. The zero-order valence-corrected chi connectivity index (χ0v) is 27.1. The Hall–Kier alpha value is -2.92. The third-order valence-corrected chi connectivity index (χ3v) is 8.55. The first-order valence-electron chi connectivity index (χ1n) is 14.2. The summed E-state index contributed by atoms with van der Waals surface area (Å²) >= 11 is 0. The summed E-state index contributed by atoms with van der Waals surface area (Å²) < 4.78 is 42.7. The number of imidazole rings is 1. The van der Waals surface area contributed by atoms with Gasteiger partial charge in [-0.3, -0.25) is 18.7 Å². The van der Waals surface area contributed by atoms with Crippen molar-refractivity contribution in [2.45, 2.75) is 84.6 Å². The van der Waals surface area contributed by atoms with Gasteiger partial charge in [0.25, 0.3) is 0 Å². The van der Waals surface area contributed by atoms with E-state index < -0.39 is 62.3 Å². The Balaban J connectivity index is 1.82. The fourth-order valence-corrected chi connectivity index (χ4v) is 6.06. The van der Waals surface area contributed by atoms with Crippen LogP contribution in [0, 0.1) is 11.8 Å². The third-order valence-electron chi connectivity index (χ3n) is 6.58. The molecule has 18 heteroatoms. The number of nitrogens with zero attached hydrogens (tertiary/aromatic N) is 4. The average Bonchev–Trinajstić information content (AvgIpc) is 3.45. The Morgan fingerprint density at radius 3 is 2.14 bits per heavy atom. The topological polar surface area (TPSA) is 231 Å². The lowest BCUT2D eigenvalue weighted by Gasteiger charge is -2.28. The number of nitrogens with one attached hydrogen (secondary N) is 2. The molecule has 17 nitrogen and oxygen atoms in total. The summed E-state index contributed by atoms with van der Waals surface area (Å²) in [5.74, 6) is -1.26. The number of fused-ring (bicyclic) bond motifs is 1. The smallest absolute Gasteiger partial charge is 0.342 e. The molecular weight excluding hydrogens is 601 g/mol. The minimum atomic E-state index is -4.24. The molecule has 0 bridgehead atoms. The molecule has 1 fully saturated rings. The van der Waals surface area contributed by atoms with Crippen LogP contribution in [0.4, 0.5) is 5.95 Å². The van der Waals surface area contributed by atoms with Gasteiger partial charge in [-0.15, -0.1) is 0 Å². The zero-order valence-electron chi connectivity index (χ0n) is 26.2. The molecule has 0 aliphatic carbocycles. The number of aromatic nitrogens is 4. The molecule has 1 aliphatic heterocycles. The lowest BCUT2D eigenvalue weighted by Crippen LogP contribution is -2.45. The molecule has 248 valence electrons. The normalized spacial score (nSPS) is 24.8. The molecule has 2 aromatic rings. The summed E-state index contributed by atoms with van der Waals surface area (Å²) in [5.41, 5.74) is 4.30. The van der Waals surface area contributed by atoms with E-state index in [1.165, 1.54) is 38.8 Å². The van der Waals surface area contributed by atoms with Crippen molar-refractivity contribution in [1.82, 2.24) is 29.7 Å². The van der Waals surface area contributed by atoms with Crippen molar-refractivity contribution in [3.63, 3.8) is 0 Å². The highest BCUT2D eigenvalue weighted by atomic mass is 31.2. The highest BCUT2D eigenvalue weighted by Gasteiger charge is 2.54. The number of hydrogen-bond acceptors (Lipinski definition) is 14. The minimum absolute atomic E-state index is 0.0708. The van der Waals surface area contributed by atoms with Gasteiger partial charge in [-0.25, -0.2) is 15.2 Å². The van der Waals surface area contributed by atoms with Crippen LogP contribution in [-0.2, 0) is 32.9 Å². The number of rotatable bonds is 15. The molecule has 3 heterocycles. The second-order valence-corrected chi connectivity index (χ2v) is 13.6. The first kappa shape index (κ1) is 35.6. The van der Waals surface area contributed by atoms with Crippen LogP contribution in [0.25, 0.3) is 11.2 Å². The van der Waals surface area contributed by atoms with Gasteiger partial charge in [-0.05, 0) is 32.6 Å². The van der Waals surface area contributed by atoms with Crippen molar-refractivity contribution in [2.24, 2.45) is 11.8 Å². The molecular formula is C26H44N7O10P. The average molecular weight is 646 g/mol. The highest BCUT2D eigenvalue weighted by molar-refractivity contribution is 7.54. The maximum absolute atomic E-state index is 14.0. The molecule has 0 radical (unpaired) electrons. The van der Waals surface area contributed by atoms with Gasteiger partial charge in [0.2, 0.25) is 11.8 Å². The van der Waals surface area contributed by atoms with Crippen molar-refractivity contribution < 1.29 is 47.8 Å². The van der Waals surface area contributed by atoms with Crippen LogP contribution >= 0.6 is 7.67 Å². The molecule has 6 atom stereocenters. The number of hydrogen-bond donors (Lipinski definition) is 5. The predicted molar refractivity (Wildman–Crippen MR) is 157 cm³/mol. The van der Waals surface area contributed by atoms with E-state index in [1.807, 2.05) is 27.7 Å². The molecule has 44 heavy (non-hydrogen) atoms. The van der Waals surface area contributed by atoms with Crippen LogP contribution in [0.2, 0.25) is 0 Å². The van der Waals surface area contributed by atoms with Gasteiger partial charge < -0.3 is 39.4 Å². The molecule has 0 aromatic carbocycles. The molecule has 3 rings (SSSR count). The molecule has 0 saturated carbocycles. The number of esters is 2. The van der Waals surface area contributed by atoms with Crippen molar-refractivity contribution in [3.05, 3.63) is 6.33 Å². The number of nitrogen functional groups attached to an aromatic ring is 1. The minimum Gasteiger partial charge on any atom is -0.479 e. The summed E-state index contributed by atoms with van der Waals surface area (Å²) in [6.07, 6.45) is -2.72. The lowest BCUT2D eigenvalue weighted by atomic mass is 9.96. The Bertz CT molecular complexity index is 1320. The van der Waals surface area contributed by atoms with Crippen molar-refractivity contribution in [1.29, 1.82) is 0 Å². The second kappa shape index (κ2) is 14.5. The third kappa shape index (κ3) is 8.41. The first-order chi connectivity index (χ1) is 20.5. The van der Waals surface area contributed by atoms with E-state index in [-0.39, 0.29) is 48.0 Å². The van der Waals surface area contributed by atoms with E-state index in [1.54, 1.807) is 0 Å². The summed E-state index contributed by atoms with van der Waals surface area (Å²) in [5, 5.41) is 27.5. The van der Waals surface area contributed by atoms with Crippen LogP contribution in [0.3, 0.4) is 0 Å². The van der Waals surface area contributed by atoms with E-state index in [0.29, 0.717) is 0 Å². The number of carbonyl (C=O) groups is 2. The number of methoxy groups -OCH3 is 1. The zero-order chi connectivity index (χ0) is 33.0. The fraction of sp³-hybridized carbons (Fsp3) is 0.731. The molecule has 0 spiro atoms. The van der Waals surface area contributed by atoms with Crippen LogP contribution in [-0.4, -0.2) is 98.5 Å². The van der Waals surface area contributed by atoms with Crippen molar-refractivity contribution in [2.75, 3.05) is 32.7 Å². The number of ether oxygens (including phenoxy) is 4. The van der Waals surface area contributed by atoms with Gasteiger partial charge in [0.05, 0.1) is 33.3 Å². The summed E-state index contributed by atoms with van der Waals surface area (Å²) in [4.78, 5) is 37.5. The largest absolute Gasteiger partial charge is 0.479 e. The first-order valence-corrected chi connectivity index (χ1v) is 15.8. The monoisotopic (exact) mass is 645 g/mol. The van der Waals surface area contributed by atoms with Crippen molar-refractivity contribution in [3.8, 4) is 5.88 Å². The van der Waals surface area contributed by atoms with E-state index >= 15 is 0 Å². The fourth-order valence-electron chi connectivity index (χ4n) is 4.25. The SMILES string of the molecule is COc1nc(N)nc2c1ncn2C1OC(COP(=O)(NC(C)C(=O)OCC(C)C)NC(C)C(=O)OCC(C)C)C(O)C1(C)O. The number of nitrogens with two attached hydrogens (primary N) is 1. The Kier molecular flexibility index (Phi) is 11.7. The van der Waals surface area contributed by atoms with Crippen LogP contribution < -0.4 is 20.6 Å². The number of carbonyl (C=O) groups excluding carboxylic acids is 2. The van der Waals surface area contributed by atoms with Crippen molar-refractivity contribution >= 4 is 36.7 Å². The standard InChI is InChI=1S/C26H44N7O10P/c1-13(2)9-40-22(35)15(5)31-44(38,32-16(6)23(36)41-10-14(3)4)42-11-17-19(34)26(7,37)24(43-17)33-12-28-18-20(33)29-25(27)30-21(18)39-8/h12-17,19,24,34,37H,9-11H2,1-8H3,(H2,27,29,30)(H2,31,32,38). The number of aliphatic hydroxyl groups is 2. The van der Waals surface area contributed by atoms with Gasteiger partial charge in [-0.2, -0.15) is 9.97 Å².